The maximum Gasteiger partial charge on any atom is 0.270 e. The van der Waals surface area contributed by atoms with Crippen LogP contribution in [0.4, 0.5) is 0 Å². The van der Waals surface area contributed by atoms with Crippen molar-refractivity contribution in [2.24, 2.45) is 17.4 Å². The molecule has 0 saturated carbocycles. The fourth-order valence-electron chi connectivity index (χ4n) is 1.64. The summed E-state index contributed by atoms with van der Waals surface area (Å²) in [4.78, 5) is 27.4. The smallest absolute Gasteiger partial charge is 0.270 e. The minimum Gasteiger partial charge on any atom is -0.366 e. The first-order valence-corrected chi connectivity index (χ1v) is 6.32. The third kappa shape index (κ3) is 4.86. The first-order chi connectivity index (χ1) is 8.82. The Morgan fingerprint density at radius 1 is 1.40 bits per heavy atom. The van der Waals surface area contributed by atoms with Crippen molar-refractivity contribution >= 4 is 24.2 Å². The summed E-state index contributed by atoms with van der Waals surface area (Å²) in [6.45, 7) is 4.68. The maximum atomic E-state index is 12.1. The van der Waals surface area contributed by atoms with E-state index in [1.807, 2.05) is 0 Å². The Bertz CT molecular complexity index is 459. The van der Waals surface area contributed by atoms with Gasteiger partial charge in [-0.25, -0.2) is 0 Å². The summed E-state index contributed by atoms with van der Waals surface area (Å²) >= 11 is 0. The third-order valence-corrected chi connectivity index (χ3v) is 3.20. The van der Waals surface area contributed by atoms with Crippen molar-refractivity contribution in [1.82, 2.24) is 9.88 Å². The van der Waals surface area contributed by atoms with Crippen LogP contribution in [0.15, 0.2) is 12.3 Å². The van der Waals surface area contributed by atoms with Gasteiger partial charge in [-0.15, -0.1) is 12.4 Å². The molecule has 0 aromatic carbocycles. The zero-order valence-corrected chi connectivity index (χ0v) is 12.9. The number of rotatable bonds is 6. The molecule has 1 unspecified atom stereocenters. The second-order valence-electron chi connectivity index (χ2n) is 5.09. The molecule has 1 aromatic rings. The molecule has 5 N–H and O–H groups in total. The van der Waals surface area contributed by atoms with Crippen LogP contribution >= 0.6 is 12.4 Å². The van der Waals surface area contributed by atoms with Crippen LogP contribution in [0.5, 0.6) is 0 Å². The second-order valence-corrected chi connectivity index (χ2v) is 5.09. The van der Waals surface area contributed by atoms with Gasteiger partial charge in [0.15, 0.2) is 0 Å². The Kier molecular flexibility index (Phi) is 7.31. The van der Waals surface area contributed by atoms with Gasteiger partial charge in [-0.1, -0.05) is 13.8 Å². The Morgan fingerprint density at radius 2 is 2.00 bits per heavy atom. The van der Waals surface area contributed by atoms with Crippen LogP contribution in [0.1, 0.15) is 41.1 Å². The summed E-state index contributed by atoms with van der Waals surface area (Å²) in [5.74, 6) is -0.348. The fraction of sp³-hybridized carbons (Fsp3) is 0.538. The number of aromatic nitrogens is 1. The second kappa shape index (κ2) is 7.91. The van der Waals surface area contributed by atoms with E-state index in [1.54, 1.807) is 11.9 Å². The highest BCUT2D eigenvalue weighted by Crippen LogP contribution is 2.08. The number of hydrogen-bond donors (Lipinski definition) is 3. The van der Waals surface area contributed by atoms with E-state index in [4.69, 9.17) is 11.5 Å². The highest BCUT2D eigenvalue weighted by molar-refractivity contribution is 5.98. The molecule has 0 bridgehead atoms. The van der Waals surface area contributed by atoms with Crippen molar-refractivity contribution in [3.8, 4) is 0 Å². The summed E-state index contributed by atoms with van der Waals surface area (Å²) in [6, 6.07) is 1.53. The van der Waals surface area contributed by atoms with Crippen molar-refractivity contribution in [3.63, 3.8) is 0 Å². The highest BCUT2D eigenvalue weighted by atomic mass is 35.5. The van der Waals surface area contributed by atoms with Crippen molar-refractivity contribution in [1.29, 1.82) is 0 Å². The van der Waals surface area contributed by atoms with Crippen LogP contribution in [0.2, 0.25) is 0 Å². The molecule has 0 radical (unpaired) electrons. The normalized spacial score (nSPS) is 11.8. The average molecular weight is 303 g/mol. The van der Waals surface area contributed by atoms with Gasteiger partial charge >= 0.3 is 0 Å². The number of halogens is 1. The Labute approximate surface area is 125 Å². The van der Waals surface area contributed by atoms with E-state index >= 15 is 0 Å². The molecule has 1 atom stereocenters. The van der Waals surface area contributed by atoms with Gasteiger partial charge in [-0.05, 0) is 18.4 Å². The van der Waals surface area contributed by atoms with Gasteiger partial charge in [0.25, 0.3) is 5.91 Å². The molecule has 0 aliphatic carbocycles. The number of aromatic amines is 1. The number of nitrogens with zero attached hydrogens (tertiary/aromatic N) is 1. The van der Waals surface area contributed by atoms with Crippen LogP contribution < -0.4 is 11.5 Å². The minimum atomic E-state index is -0.556. The van der Waals surface area contributed by atoms with E-state index in [0.717, 1.165) is 6.42 Å². The van der Waals surface area contributed by atoms with E-state index in [-0.39, 0.29) is 24.4 Å². The maximum absolute atomic E-state index is 12.1. The first-order valence-electron chi connectivity index (χ1n) is 6.32. The minimum absolute atomic E-state index is 0. The standard InChI is InChI=1S/C13H22N4O2.ClH/c1-8(2)10(14)4-5-17(3)13(19)11-6-9(7-16-11)12(15)18;/h6-8,10,16H,4-5,14H2,1-3H3,(H2,15,18);1H. The lowest BCUT2D eigenvalue weighted by molar-refractivity contribution is 0.0784. The largest absolute Gasteiger partial charge is 0.366 e. The lowest BCUT2D eigenvalue weighted by Gasteiger charge is -2.21. The molecule has 0 aliphatic heterocycles. The van der Waals surface area contributed by atoms with Crippen molar-refractivity contribution in [3.05, 3.63) is 23.5 Å². The molecule has 7 heteroatoms. The quantitative estimate of drug-likeness (QED) is 0.729. The van der Waals surface area contributed by atoms with Crippen molar-refractivity contribution in [2.75, 3.05) is 13.6 Å². The number of carbonyl (C=O) groups is 2. The molecular formula is C13H23ClN4O2. The number of amides is 2. The molecule has 0 fully saturated rings. The van der Waals surface area contributed by atoms with Crippen molar-refractivity contribution < 1.29 is 9.59 Å². The molecule has 114 valence electrons. The summed E-state index contributed by atoms with van der Waals surface area (Å²) in [5.41, 5.74) is 11.7. The highest BCUT2D eigenvalue weighted by Gasteiger charge is 2.16. The fourth-order valence-corrected chi connectivity index (χ4v) is 1.64. The average Bonchev–Trinajstić information content (AvgIpc) is 2.83. The Balaban J connectivity index is 0.00000361. The number of nitrogens with two attached hydrogens (primary N) is 2. The molecule has 1 rings (SSSR count). The number of H-pyrrole nitrogens is 1. The van der Waals surface area contributed by atoms with E-state index in [0.29, 0.717) is 23.7 Å². The van der Waals surface area contributed by atoms with Crippen LogP contribution in [-0.4, -0.2) is 41.3 Å². The van der Waals surface area contributed by atoms with Crippen LogP contribution in [-0.2, 0) is 0 Å². The molecule has 0 saturated heterocycles. The molecule has 1 heterocycles. The van der Waals surface area contributed by atoms with E-state index in [9.17, 15) is 9.59 Å². The number of nitrogens with one attached hydrogen (secondary N) is 1. The monoisotopic (exact) mass is 302 g/mol. The summed E-state index contributed by atoms with van der Waals surface area (Å²) < 4.78 is 0. The van der Waals surface area contributed by atoms with E-state index in [2.05, 4.69) is 18.8 Å². The van der Waals surface area contributed by atoms with E-state index in [1.165, 1.54) is 12.3 Å². The summed E-state index contributed by atoms with van der Waals surface area (Å²) in [5, 5.41) is 0. The predicted molar refractivity (Wildman–Crippen MR) is 80.9 cm³/mol. The number of hydrogen-bond acceptors (Lipinski definition) is 3. The van der Waals surface area contributed by atoms with Gasteiger partial charge in [0, 0.05) is 25.8 Å². The lowest BCUT2D eigenvalue weighted by atomic mass is 10.0. The van der Waals surface area contributed by atoms with Gasteiger partial charge in [-0.2, -0.15) is 0 Å². The molecule has 0 aliphatic rings. The third-order valence-electron chi connectivity index (χ3n) is 3.20. The Hall–Kier alpha value is -1.53. The summed E-state index contributed by atoms with van der Waals surface area (Å²) in [6.07, 6.45) is 2.17. The van der Waals surface area contributed by atoms with Crippen molar-refractivity contribution in [2.45, 2.75) is 26.3 Å². The number of primary amides is 1. The van der Waals surface area contributed by atoms with Gasteiger partial charge in [0.05, 0.1) is 5.56 Å². The SMILES string of the molecule is CC(C)C(N)CCN(C)C(=O)c1cc(C(N)=O)c[nH]1.Cl. The molecular weight excluding hydrogens is 280 g/mol. The van der Waals surface area contributed by atoms with Crippen LogP contribution in [0.3, 0.4) is 0 Å². The molecule has 2 amide bonds. The molecule has 1 aromatic heterocycles. The van der Waals surface area contributed by atoms with Gasteiger partial charge < -0.3 is 21.4 Å². The number of carbonyl (C=O) groups excluding carboxylic acids is 2. The Morgan fingerprint density at radius 3 is 2.45 bits per heavy atom. The van der Waals surface area contributed by atoms with Gasteiger partial charge in [0.2, 0.25) is 5.91 Å². The first kappa shape index (κ1) is 18.5. The molecule has 20 heavy (non-hydrogen) atoms. The molecule has 6 nitrogen and oxygen atoms in total. The summed E-state index contributed by atoms with van der Waals surface area (Å²) in [7, 11) is 1.71. The predicted octanol–water partition coefficient (Wildman–Crippen LogP) is 0.981. The molecule has 0 spiro atoms. The topological polar surface area (TPSA) is 105 Å². The lowest BCUT2D eigenvalue weighted by Crippen LogP contribution is -2.34. The zero-order chi connectivity index (χ0) is 14.6. The van der Waals surface area contributed by atoms with E-state index < -0.39 is 5.91 Å². The van der Waals surface area contributed by atoms with Crippen LogP contribution in [0, 0.1) is 5.92 Å². The zero-order valence-electron chi connectivity index (χ0n) is 12.1. The van der Waals surface area contributed by atoms with Gasteiger partial charge in [-0.3, -0.25) is 9.59 Å². The van der Waals surface area contributed by atoms with Crippen LogP contribution in [0.25, 0.3) is 0 Å². The van der Waals surface area contributed by atoms with Gasteiger partial charge in [0.1, 0.15) is 5.69 Å².